The van der Waals surface area contributed by atoms with Crippen molar-refractivity contribution in [2.45, 2.75) is 53.0 Å². The van der Waals surface area contributed by atoms with E-state index < -0.39 is 0 Å². The highest BCUT2D eigenvalue weighted by Crippen LogP contribution is 2.20. The minimum Gasteiger partial charge on any atom is -0.356 e. The van der Waals surface area contributed by atoms with Gasteiger partial charge in [-0.2, -0.15) is 0 Å². The van der Waals surface area contributed by atoms with Gasteiger partial charge in [0.15, 0.2) is 0 Å². The number of aromatic nitrogens is 2. The van der Waals surface area contributed by atoms with Gasteiger partial charge in [-0.1, -0.05) is 50.6 Å². The molecule has 0 aliphatic rings. The summed E-state index contributed by atoms with van der Waals surface area (Å²) in [5.41, 5.74) is 2.82. The Hall–Kier alpha value is -3.15. The van der Waals surface area contributed by atoms with E-state index in [0.29, 0.717) is 13.1 Å². The number of rotatable bonds is 11. The zero-order valence-electron chi connectivity index (χ0n) is 19.4. The van der Waals surface area contributed by atoms with E-state index in [2.05, 4.69) is 9.88 Å². The summed E-state index contributed by atoms with van der Waals surface area (Å²) in [7, 11) is 0. The van der Waals surface area contributed by atoms with Crippen molar-refractivity contribution in [3.05, 3.63) is 60.4 Å². The number of imidazole rings is 1. The standard InChI is InChI=1S/C26H34N4O2/c1-4-29(21-13-7-5-8-14-21)25(31)19-30-23-16-11-10-15-22(23)28-24(30)17-9-6-12-18-27-26(32)20(2)3/h5,7-8,10-11,13-16,20H,4,6,9,12,17-19H2,1-3H3,(H,27,32). The Bertz CT molecular complexity index is 1030. The number of anilines is 1. The molecule has 0 atom stereocenters. The molecule has 0 aliphatic heterocycles. The number of unbranched alkanes of at least 4 members (excludes halogenated alkanes) is 2. The summed E-state index contributed by atoms with van der Waals surface area (Å²) in [5.74, 6) is 1.12. The molecule has 3 aromatic rings. The number of nitrogens with zero attached hydrogens (tertiary/aromatic N) is 3. The minimum atomic E-state index is 0.0195. The van der Waals surface area contributed by atoms with Crippen LogP contribution >= 0.6 is 0 Å². The van der Waals surface area contributed by atoms with Gasteiger partial charge in [0.2, 0.25) is 11.8 Å². The smallest absolute Gasteiger partial charge is 0.246 e. The topological polar surface area (TPSA) is 67.2 Å². The summed E-state index contributed by atoms with van der Waals surface area (Å²) in [6.07, 6.45) is 3.71. The number of aryl methyl sites for hydroxylation is 1. The van der Waals surface area contributed by atoms with Crippen LogP contribution in [0.1, 0.15) is 45.9 Å². The van der Waals surface area contributed by atoms with E-state index in [4.69, 9.17) is 4.98 Å². The Morgan fingerprint density at radius 3 is 2.44 bits per heavy atom. The number of hydrogen-bond acceptors (Lipinski definition) is 3. The molecule has 0 saturated carbocycles. The summed E-state index contributed by atoms with van der Waals surface area (Å²) < 4.78 is 2.06. The van der Waals surface area contributed by atoms with E-state index in [0.717, 1.165) is 48.2 Å². The van der Waals surface area contributed by atoms with Gasteiger partial charge in [0, 0.05) is 31.1 Å². The quantitative estimate of drug-likeness (QED) is 0.450. The molecule has 0 radical (unpaired) electrons. The third-order valence-corrected chi connectivity index (χ3v) is 5.61. The predicted molar refractivity (Wildman–Crippen MR) is 130 cm³/mol. The van der Waals surface area contributed by atoms with Gasteiger partial charge in [-0.05, 0) is 44.0 Å². The SMILES string of the molecule is CCN(C(=O)Cn1c(CCCCCNC(=O)C(C)C)nc2ccccc21)c1ccccc1. The van der Waals surface area contributed by atoms with E-state index in [1.165, 1.54) is 0 Å². The Morgan fingerprint density at radius 1 is 1.00 bits per heavy atom. The second-order valence-corrected chi connectivity index (χ2v) is 8.33. The number of hydrogen-bond donors (Lipinski definition) is 1. The molecule has 1 heterocycles. The first kappa shape index (κ1) is 23.5. The van der Waals surface area contributed by atoms with Crippen LogP contribution in [-0.4, -0.2) is 34.5 Å². The summed E-state index contributed by atoms with van der Waals surface area (Å²) in [6, 6.07) is 17.8. The Kier molecular flexibility index (Phi) is 8.42. The first-order chi connectivity index (χ1) is 15.5. The maximum atomic E-state index is 13.2. The van der Waals surface area contributed by atoms with Crippen LogP contribution in [0.2, 0.25) is 0 Å². The molecular weight excluding hydrogens is 400 g/mol. The third kappa shape index (κ3) is 5.96. The van der Waals surface area contributed by atoms with Gasteiger partial charge in [-0.25, -0.2) is 4.98 Å². The van der Waals surface area contributed by atoms with Crippen molar-refractivity contribution < 1.29 is 9.59 Å². The molecule has 0 unspecified atom stereocenters. The minimum absolute atomic E-state index is 0.0195. The molecule has 0 aliphatic carbocycles. The molecule has 0 saturated heterocycles. The largest absolute Gasteiger partial charge is 0.356 e. The fraction of sp³-hybridized carbons (Fsp3) is 0.423. The van der Waals surface area contributed by atoms with Crippen molar-refractivity contribution in [3.8, 4) is 0 Å². The molecule has 32 heavy (non-hydrogen) atoms. The lowest BCUT2D eigenvalue weighted by molar-refractivity contribution is -0.124. The van der Waals surface area contributed by atoms with Crippen LogP contribution in [-0.2, 0) is 22.6 Å². The third-order valence-electron chi connectivity index (χ3n) is 5.61. The van der Waals surface area contributed by atoms with E-state index in [1.54, 1.807) is 0 Å². The van der Waals surface area contributed by atoms with E-state index in [1.807, 2.05) is 80.3 Å². The highest BCUT2D eigenvalue weighted by atomic mass is 16.2. The van der Waals surface area contributed by atoms with E-state index in [-0.39, 0.29) is 24.3 Å². The van der Waals surface area contributed by atoms with Crippen molar-refractivity contribution in [1.82, 2.24) is 14.9 Å². The first-order valence-electron chi connectivity index (χ1n) is 11.6. The molecular formula is C26H34N4O2. The maximum Gasteiger partial charge on any atom is 0.246 e. The highest BCUT2D eigenvalue weighted by molar-refractivity contribution is 5.94. The van der Waals surface area contributed by atoms with Gasteiger partial charge in [0.1, 0.15) is 12.4 Å². The Labute approximate surface area is 190 Å². The fourth-order valence-electron chi connectivity index (χ4n) is 3.82. The Balaban J connectivity index is 1.66. The predicted octanol–water partition coefficient (Wildman–Crippen LogP) is 4.57. The van der Waals surface area contributed by atoms with Crippen LogP contribution in [0.3, 0.4) is 0 Å². The normalized spacial score (nSPS) is 11.1. The van der Waals surface area contributed by atoms with Crippen molar-refractivity contribution in [2.24, 2.45) is 5.92 Å². The highest BCUT2D eigenvalue weighted by Gasteiger charge is 2.18. The van der Waals surface area contributed by atoms with Gasteiger partial charge in [0.05, 0.1) is 11.0 Å². The molecule has 6 nitrogen and oxygen atoms in total. The molecule has 0 bridgehead atoms. The molecule has 0 spiro atoms. The summed E-state index contributed by atoms with van der Waals surface area (Å²) in [6.45, 7) is 7.39. The van der Waals surface area contributed by atoms with Gasteiger partial charge in [0.25, 0.3) is 0 Å². The average molecular weight is 435 g/mol. The van der Waals surface area contributed by atoms with Crippen molar-refractivity contribution in [2.75, 3.05) is 18.0 Å². The van der Waals surface area contributed by atoms with E-state index >= 15 is 0 Å². The number of nitrogens with one attached hydrogen (secondary N) is 1. The lowest BCUT2D eigenvalue weighted by atomic mass is 10.1. The van der Waals surface area contributed by atoms with Gasteiger partial charge in [-0.3, -0.25) is 9.59 Å². The summed E-state index contributed by atoms with van der Waals surface area (Å²) in [4.78, 5) is 31.5. The van der Waals surface area contributed by atoms with Gasteiger partial charge >= 0.3 is 0 Å². The first-order valence-corrected chi connectivity index (χ1v) is 11.6. The van der Waals surface area contributed by atoms with Crippen LogP contribution < -0.4 is 10.2 Å². The van der Waals surface area contributed by atoms with Gasteiger partial charge < -0.3 is 14.8 Å². The lowest BCUT2D eigenvalue weighted by Gasteiger charge is -2.22. The zero-order chi connectivity index (χ0) is 22.9. The number of fused-ring (bicyclic) bond motifs is 1. The molecule has 2 amide bonds. The lowest BCUT2D eigenvalue weighted by Crippen LogP contribution is -2.34. The van der Waals surface area contributed by atoms with Crippen molar-refractivity contribution in [3.63, 3.8) is 0 Å². The van der Waals surface area contributed by atoms with Crippen LogP contribution in [0.5, 0.6) is 0 Å². The molecule has 3 rings (SSSR count). The number of amides is 2. The van der Waals surface area contributed by atoms with Crippen LogP contribution in [0.4, 0.5) is 5.69 Å². The average Bonchev–Trinajstić information content (AvgIpc) is 3.14. The maximum absolute atomic E-state index is 13.2. The second kappa shape index (κ2) is 11.5. The van der Waals surface area contributed by atoms with Crippen LogP contribution in [0.25, 0.3) is 11.0 Å². The molecule has 6 heteroatoms. The fourth-order valence-corrected chi connectivity index (χ4v) is 3.82. The Morgan fingerprint density at radius 2 is 1.72 bits per heavy atom. The number of carbonyl (C=O) groups excluding carboxylic acids is 2. The van der Waals surface area contributed by atoms with Crippen LogP contribution in [0, 0.1) is 5.92 Å². The number of para-hydroxylation sites is 3. The summed E-state index contributed by atoms with van der Waals surface area (Å²) in [5, 5.41) is 2.96. The summed E-state index contributed by atoms with van der Waals surface area (Å²) >= 11 is 0. The van der Waals surface area contributed by atoms with Crippen molar-refractivity contribution >= 4 is 28.5 Å². The van der Waals surface area contributed by atoms with Crippen LogP contribution in [0.15, 0.2) is 54.6 Å². The molecule has 170 valence electrons. The molecule has 1 aromatic heterocycles. The number of likely N-dealkylation sites (N-methyl/N-ethyl adjacent to an activating group) is 1. The number of benzene rings is 2. The zero-order valence-corrected chi connectivity index (χ0v) is 19.4. The second-order valence-electron chi connectivity index (χ2n) is 8.33. The molecule has 1 N–H and O–H groups in total. The monoisotopic (exact) mass is 434 g/mol. The molecule has 2 aromatic carbocycles. The molecule has 0 fully saturated rings. The van der Waals surface area contributed by atoms with Gasteiger partial charge in [-0.15, -0.1) is 0 Å². The van der Waals surface area contributed by atoms with E-state index in [9.17, 15) is 9.59 Å². The van der Waals surface area contributed by atoms with Crippen molar-refractivity contribution in [1.29, 1.82) is 0 Å². The number of carbonyl (C=O) groups is 2.